The maximum Gasteiger partial charge on any atom is 0.338 e. The molecule has 5 nitrogen and oxygen atoms in total. The maximum atomic E-state index is 12.5. The number of rotatable bonds is 7. The highest BCUT2D eigenvalue weighted by Gasteiger charge is 2.18. The average molecular weight is 327 g/mol. The molecule has 2 aromatic rings. The van der Waals surface area contributed by atoms with Crippen LogP contribution in [0.25, 0.3) is 0 Å². The summed E-state index contributed by atoms with van der Waals surface area (Å²) in [5, 5.41) is 9.60. The average Bonchev–Trinajstić information content (AvgIpc) is 2.61. The summed E-state index contributed by atoms with van der Waals surface area (Å²) in [7, 11) is 0. The normalized spacial score (nSPS) is 11.6. The smallest absolute Gasteiger partial charge is 0.338 e. The van der Waals surface area contributed by atoms with E-state index in [1.165, 1.54) is 4.90 Å². The molecule has 1 atom stereocenters. The molecule has 0 aromatic heterocycles. The molecule has 0 radical (unpaired) electrons. The molecule has 0 heterocycles. The van der Waals surface area contributed by atoms with Crippen LogP contribution in [0.15, 0.2) is 60.7 Å². The molecule has 0 saturated heterocycles. The summed E-state index contributed by atoms with van der Waals surface area (Å²) < 4.78 is 5.21. The summed E-state index contributed by atoms with van der Waals surface area (Å²) in [6.45, 7) is 2.08. The van der Waals surface area contributed by atoms with E-state index in [1.54, 1.807) is 55.5 Å². The number of hydrogen-bond donors (Lipinski definition) is 1. The fraction of sp³-hybridized carbons (Fsp3) is 0.263. The molecule has 0 aliphatic rings. The first-order chi connectivity index (χ1) is 11.6. The van der Waals surface area contributed by atoms with E-state index in [4.69, 9.17) is 4.74 Å². The van der Waals surface area contributed by atoms with Crippen molar-refractivity contribution in [1.29, 1.82) is 0 Å². The van der Waals surface area contributed by atoms with Gasteiger partial charge in [-0.05, 0) is 31.2 Å². The SMILES string of the molecule is CC(O)CN(CCOC(=O)c1ccccc1)C(=O)c1ccccc1. The van der Waals surface area contributed by atoms with Gasteiger partial charge in [0.1, 0.15) is 6.61 Å². The number of ether oxygens (including phenoxy) is 1. The summed E-state index contributed by atoms with van der Waals surface area (Å²) in [6, 6.07) is 17.5. The number of hydrogen-bond acceptors (Lipinski definition) is 4. The molecule has 0 aliphatic heterocycles. The van der Waals surface area contributed by atoms with Gasteiger partial charge in [-0.25, -0.2) is 4.79 Å². The lowest BCUT2D eigenvalue weighted by molar-refractivity contribution is 0.0393. The highest BCUT2D eigenvalue weighted by molar-refractivity contribution is 5.94. The van der Waals surface area contributed by atoms with E-state index in [0.717, 1.165) is 0 Å². The molecule has 1 unspecified atom stereocenters. The van der Waals surface area contributed by atoms with Crippen molar-refractivity contribution in [2.24, 2.45) is 0 Å². The topological polar surface area (TPSA) is 66.8 Å². The van der Waals surface area contributed by atoms with Crippen LogP contribution in [0.2, 0.25) is 0 Å². The summed E-state index contributed by atoms with van der Waals surface area (Å²) in [6.07, 6.45) is -0.664. The zero-order chi connectivity index (χ0) is 17.4. The van der Waals surface area contributed by atoms with Gasteiger partial charge in [0, 0.05) is 12.1 Å². The van der Waals surface area contributed by atoms with Gasteiger partial charge in [-0.15, -0.1) is 0 Å². The third kappa shape index (κ3) is 5.21. The van der Waals surface area contributed by atoms with Gasteiger partial charge in [0.2, 0.25) is 0 Å². The number of esters is 1. The van der Waals surface area contributed by atoms with Gasteiger partial charge in [-0.1, -0.05) is 36.4 Å². The van der Waals surface area contributed by atoms with Crippen molar-refractivity contribution in [3.05, 3.63) is 71.8 Å². The third-order valence-corrected chi connectivity index (χ3v) is 3.40. The first-order valence-electron chi connectivity index (χ1n) is 7.82. The Balaban J connectivity index is 1.94. The predicted octanol–water partition coefficient (Wildman–Crippen LogP) is 2.37. The number of aliphatic hydroxyl groups is 1. The number of carbonyl (C=O) groups excluding carboxylic acids is 2. The molecule has 0 saturated carbocycles. The van der Waals surface area contributed by atoms with Gasteiger partial charge in [0.25, 0.3) is 5.91 Å². The Kier molecular flexibility index (Phi) is 6.51. The molecule has 0 spiro atoms. The van der Waals surface area contributed by atoms with Crippen molar-refractivity contribution in [3.63, 3.8) is 0 Å². The third-order valence-electron chi connectivity index (χ3n) is 3.40. The second-order valence-corrected chi connectivity index (χ2v) is 5.47. The number of carbonyl (C=O) groups is 2. The van der Waals surface area contributed by atoms with Gasteiger partial charge in [0.05, 0.1) is 18.2 Å². The Hall–Kier alpha value is -2.66. The predicted molar refractivity (Wildman–Crippen MR) is 90.8 cm³/mol. The Bertz CT molecular complexity index is 656. The van der Waals surface area contributed by atoms with Gasteiger partial charge in [-0.3, -0.25) is 4.79 Å². The largest absolute Gasteiger partial charge is 0.460 e. The first kappa shape index (κ1) is 17.7. The van der Waals surface area contributed by atoms with Gasteiger partial charge < -0.3 is 14.7 Å². The van der Waals surface area contributed by atoms with E-state index in [1.807, 2.05) is 12.1 Å². The molecule has 24 heavy (non-hydrogen) atoms. The fourth-order valence-corrected chi connectivity index (χ4v) is 2.26. The van der Waals surface area contributed by atoms with E-state index in [2.05, 4.69) is 0 Å². The molecule has 5 heteroatoms. The van der Waals surface area contributed by atoms with Gasteiger partial charge >= 0.3 is 5.97 Å². The molecule has 1 N–H and O–H groups in total. The van der Waals surface area contributed by atoms with Crippen molar-refractivity contribution in [2.45, 2.75) is 13.0 Å². The minimum atomic E-state index is -0.664. The maximum absolute atomic E-state index is 12.5. The van der Waals surface area contributed by atoms with E-state index in [0.29, 0.717) is 11.1 Å². The number of amides is 1. The van der Waals surface area contributed by atoms with Gasteiger partial charge in [0.15, 0.2) is 0 Å². The number of nitrogens with zero attached hydrogens (tertiary/aromatic N) is 1. The van der Waals surface area contributed by atoms with Gasteiger partial charge in [-0.2, -0.15) is 0 Å². The fourth-order valence-electron chi connectivity index (χ4n) is 2.26. The molecular formula is C19H21NO4. The number of benzene rings is 2. The quantitative estimate of drug-likeness (QED) is 0.793. The lowest BCUT2D eigenvalue weighted by atomic mass is 10.2. The highest BCUT2D eigenvalue weighted by atomic mass is 16.5. The van der Waals surface area contributed by atoms with Crippen molar-refractivity contribution in [3.8, 4) is 0 Å². The minimum absolute atomic E-state index is 0.0685. The van der Waals surface area contributed by atoms with E-state index in [-0.39, 0.29) is 25.6 Å². The summed E-state index contributed by atoms with van der Waals surface area (Å²) in [5.74, 6) is -0.632. The monoisotopic (exact) mass is 327 g/mol. The van der Waals surface area contributed by atoms with Crippen molar-refractivity contribution >= 4 is 11.9 Å². The van der Waals surface area contributed by atoms with Crippen molar-refractivity contribution in [1.82, 2.24) is 4.90 Å². The highest BCUT2D eigenvalue weighted by Crippen LogP contribution is 2.07. The van der Waals surface area contributed by atoms with E-state index < -0.39 is 12.1 Å². The first-order valence-corrected chi connectivity index (χ1v) is 7.82. The van der Waals surface area contributed by atoms with Crippen LogP contribution in [0.3, 0.4) is 0 Å². The van der Waals surface area contributed by atoms with Crippen LogP contribution in [0, 0.1) is 0 Å². The van der Waals surface area contributed by atoms with Crippen LogP contribution in [0.5, 0.6) is 0 Å². The molecule has 2 rings (SSSR count). The van der Waals surface area contributed by atoms with Crippen LogP contribution in [0.4, 0.5) is 0 Å². The lowest BCUT2D eigenvalue weighted by Crippen LogP contribution is -2.39. The Morgan fingerprint density at radius 2 is 1.54 bits per heavy atom. The molecule has 0 aliphatic carbocycles. The standard InChI is InChI=1S/C19H21NO4/c1-15(21)14-20(18(22)16-8-4-2-5-9-16)12-13-24-19(23)17-10-6-3-7-11-17/h2-11,15,21H,12-14H2,1H3. The molecule has 126 valence electrons. The molecule has 1 amide bonds. The van der Waals surface area contributed by atoms with Crippen LogP contribution in [0.1, 0.15) is 27.6 Å². The Labute approximate surface area is 141 Å². The molecule has 0 fully saturated rings. The second kappa shape index (κ2) is 8.84. The van der Waals surface area contributed by atoms with Crippen LogP contribution >= 0.6 is 0 Å². The minimum Gasteiger partial charge on any atom is -0.460 e. The van der Waals surface area contributed by atoms with Crippen molar-refractivity contribution in [2.75, 3.05) is 19.7 Å². The second-order valence-electron chi connectivity index (χ2n) is 5.47. The van der Waals surface area contributed by atoms with E-state index >= 15 is 0 Å². The zero-order valence-electron chi connectivity index (χ0n) is 13.6. The Morgan fingerprint density at radius 1 is 1.00 bits per heavy atom. The summed E-state index contributed by atoms with van der Waals surface area (Å²) in [5.41, 5.74) is 1.00. The molecule has 2 aromatic carbocycles. The summed E-state index contributed by atoms with van der Waals surface area (Å²) >= 11 is 0. The molecule has 0 bridgehead atoms. The molecular weight excluding hydrogens is 306 g/mol. The number of aliphatic hydroxyl groups excluding tert-OH is 1. The summed E-state index contributed by atoms with van der Waals surface area (Å²) in [4.78, 5) is 25.9. The lowest BCUT2D eigenvalue weighted by Gasteiger charge is -2.24. The van der Waals surface area contributed by atoms with E-state index in [9.17, 15) is 14.7 Å². The van der Waals surface area contributed by atoms with Crippen LogP contribution in [-0.2, 0) is 4.74 Å². The van der Waals surface area contributed by atoms with Crippen molar-refractivity contribution < 1.29 is 19.4 Å². The zero-order valence-corrected chi connectivity index (χ0v) is 13.6. The Morgan fingerprint density at radius 3 is 2.08 bits per heavy atom. The van der Waals surface area contributed by atoms with Crippen LogP contribution < -0.4 is 0 Å². The van der Waals surface area contributed by atoms with Crippen LogP contribution in [-0.4, -0.2) is 47.7 Å².